The Balaban J connectivity index is 0.00000240. The van der Waals surface area contributed by atoms with Gasteiger partial charge < -0.3 is 25.2 Å². The second-order valence-electron chi connectivity index (χ2n) is 7.66. The molecule has 1 aromatic rings. The molecule has 1 aliphatic carbocycles. The minimum atomic E-state index is -1.41. The van der Waals surface area contributed by atoms with Crippen LogP contribution in [0.25, 0.3) is 0 Å². The van der Waals surface area contributed by atoms with Crippen LogP contribution in [0, 0.1) is 18.8 Å². The van der Waals surface area contributed by atoms with Gasteiger partial charge in [0.25, 0.3) is 0 Å². The van der Waals surface area contributed by atoms with Gasteiger partial charge in [-0.15, -0.1) is 11.3 Å². The van der Waals surface area contributed by atoms with Crippen LogP contribution in [-0.4, -0.2) is 46.1 Å². The molecule has 3 heterocycles. The zero-order valence-corrected chi connectivity index (χ0v) is 19.4. The van der Waals surface area contributed by atoms with Crippen LogP contribution < -0.4 is 45.3 Å². The van der Waals surface area contributed by atoms with Crippen LogP contribution in [0.15, 0.2) is 23.4 Å². The van der Waals surface area contributed by atoms with Crippen LogP contribution in [0.3, 0.4) is 0 Å². The predicted molar refractivity (Wildman–Crippen MR) is 100 cm³/mol. The van der Waals surface area contributed by atoms with Crippen molar-refractivity contribution in [1.82, 2.24) is 10.2 Å². The maximum Gasteiger partial charge on any atom is 1.00 e. The van der Waals surface area contributed by atoms with Crippen LogP contribution in [0.1, 0.15) is 31.1 Å². The molecule has 5 atom stereocenters. The number of fused-ring (bicyclic) bond motifs is 3. The summed E-state index contributed by atoms with van der Waals surface area (Å²) in [5, 5.41) is 28.2. The molecule has 3 amide bonds. The molecule has 2 aliphatic heterocycles. The van der Waals surface area contributed by atoms with Crippen molar-refractivity contribution in [2.45, 2.75) is 51.3 Å². The number of aliphatic hydroxyl groups is 1. The largest absolute Gasteiger partial charge is 1.00 e. The van der Waals surface area contributed by atoms with Crippen molar-refractivity contribution < 1.29 is 54.2 Å². The molecule has 3 N–H and O–H groups in total. The van der Waals surface area contributed by atoms with Crippen molar-refractivity contribution in [3.05, 3.63) is 28.3 Å². The molecule has 10 heteroatoms. The monoisotopic (exact) mass is 427 g/mol. The fourth-order valence-corrected chi connectivity index (χ4v) is 5.60. The van der Waals surface area contributed by atoms with Crippen molar-refractivity contribution in [2.75, 3.05) is 5.32 Å². The molecule has 8 nitrogen and oxygen atoms in total. The van der Waals surface area contributed by atoms with Crippen molar-refractivity contribution in [1.29, 1.82) is 0 Å². The van der Waals surface area contributed by atoms with E-state index in [-0.39, 0.29) is 47.2 Å². The van der Waals surface area contributed by atoms with Crippen molar-refractivity contribution in [3.63, 3.8) is 0 Å². The number of rotatable bonds is 4. The SMILES string of the molecule is Cc1ccc(NC(=O)N[C@H]2CCC[C@H]3C2=C(C(=O)[O-])N2C(=O)[C@H](C(C)O)[C@@H]32)s1.[Na+]. The van der Waals surface area contributed by atoms with E-state index >= 15 is 0 Å². The summed E-state index contributed by atoms with van der Waals surface area (Å²) in [7, 11) is 0. The number of aliphatic carboxylic acids is 1. The average Bonchev–Trinajstić information content (AvgIpc) is 3.14. The first-order valence-electron chi connectivity index (χ1n) is 9.40. The van der Waals surface area contributed by atoms with Gasteiger partial charge >= 0.3 is 35.6 Å². The molecule has 1 saturated heterocycles. The van der Waals surface area contributed by atoms with Gasteiger partial charge in [-0.05, 0) is 44.4 Å². The summed E-state index contributed by atoms with van der Waals surface area (Å²) >= 11 is 1.45. The number of aliphatic hydroxyl groups excluding tert-OH is 1. The third-order valence-corrected chi connectivity index (χ3v) is 6.81. The molecule has 1 aromatic heterocycles. The number of aryl methyl sites for hydroxylation is 1. The van der Waals surface area contributed by atoms with Gasteiger partial charge in [-0.25, -0.2) is 4.79 Å². The number of carbonyl (C=O) groups is 3. The number of thiophene rings is 1. The fraction of sp³-hybridized carbons (Fsp3) is 0.526. The van der Waals surface area contributed by atoms with Crippen LogP contribution in [0.5, 0.6) is 0 Å². The Bertz CT molecular complexity index is 883. The fourth-order valence-electron chi connectivity index (χ4n) is 4.83. The molecule has 3 aliphatic rings. The van der Waals surface area contributed by atoms with Crippen LogP contribution in [0.2, 0.25) is 0 Å². The molecule has 1 saturated carbocycles. The second kappa shape index (κ2) is 8.39. The van der Waals surface area contributed by atoms with E-state index in [1.165, 1.54) is 16.2 Å². The minimum Gasteiger partial charge on any atom is -0.543 e. The van der Waals surface area contributed by atoms with Crippen molar-refractivity contribution in [2.24, 2.45) is 11.8 Å². The summed E-state index contributed by atoms with van der Waals surface area (Å²) in [6, 6.07) is 2.44. The Morgan fingerprint density at radius 2 is 2.07 bits per heavy atom. The Morgan fingerprint density at radius 3 is 2.66 bits per heavy atom. The van der Waals surface area contributed by atoms with Gasteiger partial charge in [0.15, 0.2) is 0 Å². The summed E-state index contributed by atoms with van der Waals surface area (Å²) < 4.78 is 0. The number of nitrogens with one attached hydrogen (secondary N) is 2. The molecular formula is C19H22N3NaO5S. The smallest absolute Gasteiger partial charge is 0.543 e. The van der Waals surface area contributed by atoms with E-state index in [2.05, 4.69) is 10.6 Å². The first kappa shape index (κ1) is 22.3. The van der Waals surface area contributed by atoms with Gasteiger partial charge in [-0.1, -0.05) is 6.42 Å². The van der Waals surface area contributed by atoms with E-state index in [0.29, 0.717) is 23.4 Å². The van der Waals surface area contributed by atoms with Gasteiger partial charge in [0.2, 0.25) is 5.91 Å². The van der Waals surface area contributed by atoms with E-state index in [9.17, 15) is 24.6 Å². The van der Waals surface area contributed by atoms with E-state index in [1.807, 2.05) is 19.1 Å². The molecule has 2 fully saturated rings. The van der Waals surface area contributed by atoms with Gasteiger partial charge in [0.05, 0.1) is 40.8 Å². The van der Waals surface area contributed by atoms with Crippen molar-refractivity contribution >= 4 is 34.2 Å². The van der Waals surface area contributed by atoms with E-state index < -0.39 is 36.0 Å². The topological polar surface area (TPSA) is 122 Å². The molecule has 0 spiro atoms. The average molecular weight is 427 g/mol. The number of carboxylic acid groups (broad SMARTS) is 1. The normalized spacial score (nSPS) is 28.7. The van der Waals surface area contributed by atoms with Crippen LogP contribution >= 0.6 is 11.3 Å². The summed E-state index contributed by atoms with van der Waals surface area (Å²) in [6.07, 6.45) is 1.25. The number of carboxylic acids is 1. The molecule has 1 unspecified atom stereocenters. The zero-order chi connectivity index (χ0) is 20.2. The first-order chi connectivity index (χ1) is 13.3. The van der Waals surface area contributed by atoms with Crippen LogP contribution in [-0.2, 0) is 9.59 Å². The van der Waals surface area contributed by atoms with Crippen LogP contribution in [0.4, 0.5) is 9.80 Å². The van der Waals surface area contributed by atoms with Gasteiger partial charge in [0.1, 0.15) is 0 Å². The third-order valence-electron chi connectivity index (χ3n) is 5.89. The summed E-state index contributed by atoms with van der Waals surface area (Å²) in [6.45, 7) is 3.49. The number of nitrogens with zero attached hydrogens (tertiary/aromatic N) is 1. The molecule has 29 heavy (non-hydrogen) atoms. The van der Waals surface area contributed by atoms with Gasteiger partial charge in [0, 0.05) is 10.8 Å². The molecule has 0 bridgehead atoms. The van der Waals surface area contributed by atoms with E-state index in [0.717, 1.165) is 11.3 Å². The number of anilines is 1. The third kappa shape index (κ3) is 3.74. The van der Waals surface area contributed by atoms with E-state index in [4.69, 9.17) is 0 Å². The summed E-state index contributed by atoms with van der Waals surface area (Å²) in [4.78, 5) is 39.1. The second-order valence-corrected chi connectivity index (χ2v) is 8.94. The number of amides is 3. The number of carbonyl (C=O) groups excluding carboxylic acids is 3. The Kier molecular flexibility index (Phi) is 6.45. The maximum absolute atomic E-state index is 12.5. The number of hydrogen-bond acceptors (Lipinski definition) is 6. The predicted octanol–water partition coefficient (Wildman–Crippen LogP) is -2.42. The van der Waals surface area contributed by atoms with Crippen molar-refractivity contribution in [3.8, 4) is 0 Å². The number of β-lactam (4-membered cyclic amide) rings is 1. The maximum atomic E-state index is 12.5. The summed E-state index contributed by atoms with van der Waals surface area (Å²) in [5.41, 5.74) is 0.416. The number of urea groups is 1. The standard InChI is InChI=1S/C19H23N3O5S.Na/c1-8-6-7-12(28-8)21-19(27)20-11-5-3-4-10-14(11)16(18(25)26)22-15(10)13(9(2)23)17(22)24;/h6-7,9-11,13,15,23H,3-5H2,1-2H3,(H,25,26)(H2,20,21,27);/q;+1/p-1/t9?,10-,11-,13+,15+;/m0./s1. The summed E-state index contributed by atoms with van der Waals surface area (Å²) in [5.74, 6) is -2.60. The molecule has 150 valence electrons. The molecular weight excluding hydrogens is 405 g/mol. The Labute approximate surface area is 194 Å². The van der Waals surface area contributed by atoms with Gasteiger partial charge in [-0.3, -0.25) is 10.1 Å². The molecule has 4 rings (SSSR count). The van der Waals surface area contributed by atoms with E-state index in [1.54, 1.807) is 6.92 Å². The quantitative estimate of drug-likeness (QED) is 0.365. The molecule has 0 aromatic carbocycles. The molecule has 0 radical (unpaired) electrons. The number of hydrogen-bond donors (Lipinski definition) is 3. The minimum absolute atomic E-state index is 0. The van der Waals surface area contributed by atoms with Gasteiger partial charge in [-0.2, -0.15) is 0 Å². The Morgan fingerprint density at radius 1 is 1.34 bits per heavy atom. The zero-order valence-electron chi connectivity index (χ0n) is 16.6. The Hall–Kier alpha value is -1.39. The first-order valence-corrected chi connectivity index (χ1v) is 10.2.